The number of sulfone groups is 1. The average Bonchev–Trinajstić information content (AvgIpc) is 2.57. The van der Waals surface area contributed by atoms with E-state index in [0.29, 0.717) is 29.8 Å². The summed E-state index contributed by atoms with van der Waals surface area (Å²) in [5.41, 5.74) is 0. The summed E-state index contributed by atoms with van der Waals surface area (Å²) in [5.74, 6) is 1.22. The van der Waals surface area contributed by atoms with E-state index in [1.807, 2.05) is 25.1 Å². The van der Waals surface area contributed by atoms with E-state index in [9.17, 15) is 8.42 Å². The zero-order valence-corrected chi connectivity index (χ0v) is 17.7. The van der Waals surface area contributed by atoms with E-state index in [4.69, 9.17) is 16.3 Å². The Morgan fingerprint density at radius 2 is 1.92 bits per heavy atom. The normalized spacial score (nSPS) is 14.0. The van der Waals surface area contributed by atoms with Gasteiger partial charge in [0.05, 0.1) is 22.1 Å². The third-order valence-corrected chi connectivity index (χ3v) is 6.82. The molecule has 148 valence electrons. The molecular formula is C18H30ClN3O3S. The molecule has 0 aliphatic rings. The second-order valence-electron chi connectivity index (χ2n) is 6.89. The summed E-state index contributed by atoms with van der Waals surface area (Å²) in [5, 5.41) is 6.76. The van der Waals surface area contributed by atoms with Gasteiger partial charge in [0.2, 0.25) is 0 Å². The number of rotatable bonds is 8. The topological polar surface area (TPSA) is 79.8 Å². The monoisotopic (exact) mass is 403 g/mol. The van der Waals surface area contributed by atoms with Crippen molar-refractivity contribution in [2.75, 3.05) is 25.9 Å². The van der Waals surface area contributed by atoms with Crippen LogP contribution in [0.3, 0.4) is 0 Å². The summed E-state index contributed by atoms with van der Waals surface area (Å²) in [7, 11) is -1.53. The maximum absolute atomic E-state index is 12.1. The van der Waals surface area contributed by atoms with E-state index in [2.05, 4.69) is 15.6 Å². The van der Waals surface area contributed by atoms with E-state index in [1.165, 1.54) is 0 Å². The number of aliphatic imine (C=N–C) groups is 1. The minimum atomic E-state index is -3.17. The molecule has 1 aromatic rings. The third-order valence-electron chi connectivity index (χ3n) is 3.90. The first-order valence-electron chi connectivity index (χ1n) is 8.68. The van der Waals surface area contributed by atoms with Crippen LogP contribution in [0.1, 0.15) is 34.1 Å². The van der Waals surface area contributed by atoms with Crippen molar-refractivity contribution in [3.05, 3.63) is 29.3 Å². The van der Waals surface area contributed by atoms with E-state index < -0.39 is 14.6 Å². The summed E-state index contributed by atoms with van der Waals surface area (Å²) in [6.07, 6.45) is 0.694. The number of nitrogens with zero attached hydrogens (tertiary/aromatic N) is 1. The van der Waals surface area contributed by atoms with Crippen molar-refractivity contribution >= 4 is 27.4 Å². The molecule has 0 aliphatic carbocycles. The first-order valence-corrected chi connectivity index (χ1v) is 10.7. The molecule has 8 heteroatoms. The zero-order valence-electron chi connectivity index (χ0n) is 16.2. The first-order chi connectivity index (χ1) is 12.1. The van der Waals surface area contributed by atoms with Crippen LogP contribution < -0.4 is 15.4 Å². The van der Waals surface area contributed by atoms with Gasteiger partial charge in [-0.1, -0.05) is 30.7 Å². The number of guanidine groups is 1. The smallest absolute Gasteiger partial charge is 0.191 e. The van der Waals surface area contributed by atoms with Crippen molar-refractivity contribution in [1.29, 1.82) is 0 Å². The van der Waals surface area contributed by atoms with Gasteiger partial charge in [-0.2, -0.15) is 0 Å². The van der Waals surface area contributed by atoms with Crippen LogP contribution in [0.25, 0.3) is 0 Å². The van der Waals surface area contributed by atoms with Gasteiger partial charge >= 0.3 is 0 Å². The number of halogens is 1. The second kappa shape index (κ2) is 10.0. The van der Waals surface area contributed by atoms with Gasteiger partial charge in [-0.3, -0.25) is 4.99 Å². The molecule has 0 heterocycles. The highest BCUT2D eigenvalue weighted by Crippen LogP contribution is 2.24. The Morgan fingerprint density at radius 3 is 2.46 bits per heavy atom. The van der Waals surface area contributed by atoms with Crippen LogP contribution in [0.5, 0.6) is 5.75 Å². The van der Waals surface area contributed by atoms with Crippen molar-refractivity contribution in [1.82, 2.24) is 10.6 Å². The number of ether oxygens (including phenoxy) is 1. The molecule has 26 heavy (non-hydrogen) atoms. The molecule has 0 radical (unpaired) electrons. The van der Waals surface area contributed by atoms with E-state index in [1.54, 1.807) is 33.9 Å². The molecule has 0 amide bonds. The lowest BCUT2D eigenvalue weighted by Crippen LogP contribution is -2.44. The number of para-hydroxylation sites is 1. The molecule has 1 aromatic carbocycles. The molecule has 0 saturated heterocycles. The SMILES string of the molecule is CCC(CNC(=NC)NCCS(=O)(=O)C(C)(C)C)Oc1ccccc1Cl. The van der Waals surface area contributed by atoms with Gasteiger partial charge in [0, 0.05) is 13.6 Å². The maximum atomic E-state index is 12.1. The number of hydrogen-bond donors (Lipinski definition) is 2. The largest absolute Gasteiger partial charge is 0.487 e. The van der Waals surface area contributed by atoms with Gasteiger partial charge in [0.15, 0.2) is 15.8 Å². The number of nitrogens with one attached hydrogen (secondary N) is 2. The highest BCUT2D eigenvalue weighted by Gasteiger charge is 2.28. The molecule has 2 N–H and O–H groups in total. The molecule has 0 bridgehead atoms. The summed E-state index contributed by atoms with van der Waals surface area (Å²) in [6, 6.07) is 7.34. The van der Waals surface area contributed by atoms with Gasteiger partial charge in [0.25, 0.3) is 0 Å². The van der Waals surface area contributed by atoms with Crippen molar-refractivity contribution in [2.45, 2.75) is 45.0 Å². The molecule has 1 atom stereocenters. The average molecular weight is 404 g/mol. The molecule has 0 saturated carbocycles. The Morgan fingerprint density at radius 1 is 1.27 bits per heavy atom. The molecular weight excluding hydrogens is 374 g/mol. The molecule has 0 aromatic heterocycles. The predicted octanol–water partition coefficient (Wildman–Crippen LogP) is 2.88. The lowest BCUT2D eigenvalue weighted by molar-refractivity contribution is 0.199. The highest BCUT2D eigenvalue weighted by molar-refractivity contribution is 7.92. The standard InChI is InChI=1S/C18H30ClN3O3S/c1-6-14(25-16-10-8-7-9-15(16)19)13-22-17(20-5)21-11-12-26(23,24)18(2,3)4/h7-10,14H,6,11-13H2,1-5H3,(H2,20,21,22). The molecule has 1 rings (SSSR count). The lowest BCUT2D eigenvalue weighted by atomic mass is 10.2. The van der Waals surface area contributed by atoms with Gasteiger partial charge < -0.3 is 15.4 Å². The fraction of sp³-hybridized carbons (Fsp3) is 0.611. The Hall–Kier alpha value is -1.47. The fourth-order valence-corrected chi connectivity index (χ4v) is 3.19. The lowest BCUT2D eigenvalue weighted by Gasteiger charge is -2.21. The van der Waals surface area contributed by atoms with E-state index >= 15 is 0 Å². The summed E-state index contributed by atoms with van der Waals surface area (Å²) >= 11 is 6.12. The summed E-state index contributed by atoms with van der Waals surface area (Å²) in [4.78, 5) is 4.12. The van der Waals surface area contributed by atoms with Gasteiger partial charge in [-0.15, -0.1) is 0 Å². The van der Waals surface area contributed by atoms with Crippen LogP contribution in [-0.4, -0.2) is 51.1 Å². The molecule has 0 fully saturated rings. The minimum absolute atomic E-state index is 0.0462. The second-order valence-corrected chi connectivity index (χ2v) is 10.2. The van der Waals surface area contributed by atoms with Crippen LogP contribution in [0, 0.1) is 0 Å². The number of benzene rings is 1. The predicted molar refractivity (Wildman–Crippen MR) is 109 cm³/mol. The van der Waals surface area contributed by atoms with Crippen LogP contribution in [0.2, 0.25) is 5.02 Å². The zero-order chi connectivity index (χ0) is 19.8. The van der Waals surface area contributed by atoms with Crippen LogP contribution in [0.4, 0.5) is 0 Å². The Kier molecular flexibility index (Phi) is 8.70. The first kappa shape index (κ1) is 22.6. The number of hydrogen-bond acceptors (Lipinski definition) is 4. The van der Waals surface area contributed by atoms with Crippen LogP contribution in [-0.2, 0) is 9.84 Å². The van der Waals surface area contributed by atoms with Crippen LogP contribution >= 0.6 is 11.6 Å². The third kappa shape index (κ3) is 7.03. The summed E-state index contributed by atoms with van der Waals surface area (Å²) < 4.78 is 29.4. The fourth-order valence-electron chi connectivity index (χ4n) is 2.03. The van der Waals surface area contributed by atoms with E-state index in [-0.39, 0.29) is 11.9 Å². The van der Waals surface area contributed by atoms with Gasteiger partial charge in [-0.05, 0) is 39.3 Å². The highest BCUT2D eigenvalue weighted by atomic mass is 35.5. The Bertz CT molecular complexity index is 700. The Balaban J connectivity index is 2.51. The molecule has 0 aliphatic heterocycles. The van der Waals surface area contributed by atoms with Crippen LogP contribution in [0.15, 0.2) is 29.3 Å². The molecule has 1 unspecified atom stereocenters. The van der Waals surface area contributed by atoms with Crippen molar-refractivity contribution in [2.24, 2.45) is 4.99 Å². The Labute approximate surface area is 162 Å². The van der Waals surface area contributed by atoms with Crippen molar-refractivity contribution in [3.63, 3.8) is 0 Å². The summed E-state index contributed by atoms with van der Waals surface area (Å²) in [6.45, 7) is 7.94. The van der Waals surface area contributed by atoms with Gasteiger partial charge in [0.1, 0.15) is 11.9 Å². The van der Waals surface area contributed by atoms with E-state index in [0.717, 1.165) is 6.42 Å². The molecule has 0 spiro atoms. The quantitative estimate of drug-likeness (QED) is 0.515. The van der Waals surface area contributed by atoms with Crippen molar-refractivity contribution < 1.29 is 13.2 Å². The molecule has 6 nitrogen and oxygen atoms in total. The van der Waals surface area contributed by atoms with Crippen molar-refractivity contribution in [3.8, 4) is 5.75 Å². The maximum Gasteiger partial charge on any atom is 0.191 e. The van der Waals surface area contributed by atoms with Gasteiger partial charge in [-0.25, -0.2) is 8.42 Å². The minimum Gasteiger partial charge on any atom is -0.487 e.